The van der Waals surface area contributed by atoms with Crippen molar-refractivity contribution in [2.24, 2.45) is 5.73 Å². The Labute approximate surface area is 106 Å². The molecule has 4 heteroatoms. The van der Waals surface area contributed by atoms with Gasteiger partial charge in [-0.05, 0) is 31.5 Å². The first kappa shape index (κ1) is 12.6. The van der Waals surface area contributed by atoms with E-state index in [2.05, 4.69) is 9.97 Å². The molecule has 0 aliphatic rings. The summed E-state index contributed by atoms with van der Waals surface area (Å²) >= 11 is 0. The fourth-order valence-electron chi connectivity index (χ4n) is 1.71. The molecule has 1 unspecified atom stereocenters. The Balaban J connectivity index is 2.35. The molecule has 0 aliphatic carbocycles. The molecule has 1 aromatic heterocycles. The van der Waals surface area contributed by atoms with E-state index in [1.807, 2.05) is 19.1 Å². The predicted molar refractivity (Wildman–Crippen MR) is 69.5 cm³/mol. The number of rotatable bonds is 3. The minimum absolute atomic E-state index is 0.0440. The van der Waals surface area contributed by atoms with Crippen LogP contribution in [0.25, 0.3) is 11.4 Å². The third-order valence-corrected chi connectivity index (χ3v) is 2.67. The highest BCUT2D eigenvalue weighted by atomic mass is 19.1. The van der Waals surface area contributed by atoms with E-state index in [1.54, 1.807) is 19.2 Å². The quantitative estimate of drug-likeness (QED) is 0.903. The lowest BCUT2D eigenvalue weighted by Gasteiger charge is -2.06. The van der Waals surface area contributed by atoms with Gasteiger partial charge in [0.2, 0.25) is 0 Å². The largest absolute Gasteiger partial charge is 0.328 e. The summed E-state index contributed by atoms with van der Waals surface area (Å²) in [6, 6.07) is 6.88. The summed E-state index contributed by atoms with van der Waals surface area (Å²) in [5.41, 5.74) is 7.91. The molecule has 0 amide bonds. The van der Waals surface area contributed by atoms with Gasteiger partial charge in [-0.2, -0.15) is 0 Å². The molecular formula is C14H16FN3. The predicted octanol–water partition coefficient (Wildman–Crippen LogP) is 2.48. The number of nitrogens with two attached hydrogens (primary N) is 1. The first-order valence-corrected chi connectivity index (χ1v) is 5.90. The lowest BCUT2D eigenvalue weighted by molar-refractivity contribution is 0.619. The minimum Gasteiger partial charge on any atom is -0.328 e. The number of aromatic nitrogens is 2. The lowest BCUT2D eigenvalue weighted by atomic mass is 10.1. The summed E-state index contributed by atoms with van der Waals surface area (Å²) < 4.78 is 13.5. The van der Waals surface area contributed by atoms with Crippen LogP contribution in [0.5, 0.6) is 0 Å². The van der Waals surface area contributed by atoms with E-state index in [-0.39, 0.29) is 11.9 Å². The standard InChI is InChI=1S/C14H16FN3/c1-9-3-4-11(8-13(9)15)14-17-6-5-12(18-14)7-10(2)16/h3-6,8,10H,7,16H2,1-2H3. The maximum absolute atomic E-state index is 13.5. The number of hydrogen-bond acceptors (Lipinski definition) is 3. The van der Waals surface area contributed by atoms with E-state index in [4.69, 9.17) is 5.73 Å². The van der Waals surface area contributed by atoms with Crippen molar-refractivity contribution < 1.29 is 4.39 Å². The van der Waals surface area contributed by atoms with Gasteiger partial charge in [0.25, 0.3) is 0 Å². The summed E-state index contributed by atoms with van der Waals surface area (Å²) in [5, 5.41) is 0. The fourth-order valence-corrected chi connectivity index (χ4v) is 1.71. The molecule has 1 atom stereocenters. The molecule has 0 radical (unpaired) electrons. The van der Waals surface area contributed by atoms with Crippen molar-refractivity contribution in [2.45, 2.75) is 26.3 Å². The van der Waals surface area contributed by atoms with E-state index in [9.17, 15) is 4.39 Å². The summed E-state index contributed by atoms with van der Waals surface area (Å²) in [4.78, 5) is 8.57. The Morgan fingerprint density at radius 2 is 2.11 bits per heavy atom. The highest BCUT2D eigenvalue weighted by Crippen LogP contribution is 2.18. The van der Waals surface area contributed by atoms with E-state index < -0.39 is 0 Å². The Bertz CT molecular complexity index is 552. The van der Waals surface area contributed by atoms with Crippen LogP contribution in [0, 0.1) is 12.7 Å². The monoisotopic (exact) mass is 245 g/mol. The van der Waals surface area contributed by atoms with Crippen LogP contribution in [0.3, 0.4) is 0 Å². The van der Waals surface area contributed by atoms with Gasteiger partial charge in [-0.1, -0.05) is 12.1 Å². The maximum Gasteiger partial charge on any atom is 0.159 e. The molecule has 18 heavy (non-hydrogen) atoms. The second-order valence-electron chi connectivity index (χ2n) is 4.52. The summed E-state index contributed by atoms with van der Waals surface area (Å²) in [6.45, 7) is 3.65. The Kier molecular flexibility index (Phi) is 3.67. The molecule has 2 rings (SSSR count). The first-order chi connectivity index (χ1) is 8.56. The van der Waals surface area contributed by atoms with Gasteiger partial charge < -0.3 is 5.73 Å². The van der Waals surface area contributed by atoms with Crippen LogP contribution in [0.1, 0.15) is 18.2 Å². The number of aryl methyl sites for hydroxylation is 1. The zero-order chi connectivity index (χ0) is 13.1. The van der Waals surface area contributed by atoms with Crippen LogP contribution in [-0.2, 0) is 6.42 Å². The number of nitrogens with zero attached hydrogens (tertiary/aromatic N) is 2. The summed E-state index contributed by atoms with van der Waals surface area (Å²) in [7, 11) is 0. The molecule has 1 heterocycles. The molecule has 94 valence electrons. The van der Waals surface area contributed by atoms with Crippen LogP contribution < -0.4 is 5.73 Å². The Morgan fingerprint density at radius 1 is 1.33 bits per heavy atom. The molecule has 3 nitrogen and oxygen atoms in total. The van der Waals surface area contributed by atoms with Gasteiger partial charge in [0.15, 0.2) is 5.82 Å². The van der Waals surface area contributed by atoms with Crippen LogP contribution in [0.15, 0.2) is 30.5 Å². The molecule has 1 aromatic carbocycles. The second-order valence-corrected chi connectivity index (χ2v) is 4.52. The smallest absolute Gasteiger partial charge is 0.159 e. The second kappa shape index (κ2) is 5.23. The van der Waals surface area contributed by atoms with Gasteiger partial charge >= 0.3 is 0 Å². The molecule has 2 aromatic rings. The molecule has 0 bridgehead atoms. The number of benzene rings is 1. The van der Waals surface area contributed by atoms with Gasteiger partial charge in [0.05, 0.1) is 0 Å². The topological polar surface area (TPSA) is 51.8 Å². The van der Waals surface area contributed by atoms with Crippen molar-refractivity contribution in [3.63, 3.8) is 0 Å². The highest BCUT2D eigenvalue weighted by molar-refractivity contribution is 5.55. The minimum atomic E-state index is -0.242. The van der Waals surface area contributed by atoms with Gasteiger partial charge in [-0.3, -0.25) is 0 Å². The van der Waals surface area contributed by atoms with Crippen LogP contribution >= 0.6 is 0 Å². The van der Waals surface area contributed by atoms with Crippen LogP contribution in [-0.4, -0.2) is 16.0 Å². The van der Waals surface area contributed by atoms with E-state index in [0.29, 0.717) is 23.4 Å². The molecule has 0 saturated carbocycles. The normalized spacial score (nSPS) is 12.4. The molecule has 2 N–H and O–H groups in total. The van der Waals surface area contributed by atoms with Gasteiger partial charge in [0, 0.05) is 29.9 Å². The van der Waals surface area contributed by atoms with E-state index in [0.717, 1.165) is 5.69 Å². The van der Waals surface area contributed by atoms with Crippen LogP contribution in [0.2, 0.25) is 0 Å². The first-order valence-electron chi connectivity index (χ1n) is 5.90. The zero-order valence-corrected chi connectivity index (χ0v) is 10.5. The summed E-state index contributed by atoms with van der Waals surface area (Å²) in [5.74, 6) is 0.292. The third kappa shape index (κ3) is 2.90. The van der Waals surface area contributed by atoms with Gasteiger partial charge in [0.1, 0.15) is 5.82 Å². The molecule has 0 saturated heterocycles. The van der Waals surface area contributed by atoms with Crippen molar-refractivity contribution in [2.75, 3.05) is 0 Å². The van der Waals surface area contributed by atoms with Crippen molar-refractivity contribution in [3.05, 3.63) is 47.5 Å². The molecule has 0 fully saturated rings. The van der Waals surface area contributed by atoms with E-state index >= 15 is 0 Å². The molecule has 0 spiro atoms. The van der Waals surface area contributed by atoms with Gasteiger partial charge in [-0.25, -0.2) is 14.4 Å². The third-order valence-electron chi connectivity index (χ3n) is 2.67. The SMILES string of the molecule is Cc1ccc(-c2nccc(CC(C)N)n2)cc1F. The average molecular weight is 245 g/mol. The van der Waals surface area contributed by atoms with Crippen molar-refractivity contribution in [1.82, 2.24) is 9.97 Å². The summed E-state index contributed by atoms with van der Waals surface area (Å²) in [6.07, 6.45) is 2.36. The van der Waals surface area contributed by atoms with E-state index in [1.165, 1.54) is 6.07 Å². The molecule has 0 aliphatic heterocycles. The number of hydrogen-bond donors (Lipinski definition) is 1. The lowest BCUT2D eigenvalue weighted by Crippen LogP contribution is -2.18. The maximum atomic E-state index is 13.5. The number of halogens is 1. The zero-order valence-electron chi connectivity index (χ0n) is 10.5. The van der Waals surface area contributed by atoms with Gasteiger partial charge in [-0.15, -0.1) is 0 Å². The van der Waals surface area contributed by atoms with Crippen molar-refractivity contribution in [3.8, 4) is 11.4 Å². The Morgan fingerprint density at radius 3 is 2.78 bits per heavy atom. The average Bonchev–Trinajstić information content (AvgIpc) is 2.32. The Hall–Kier alpha value is -1.81. The van der Waals surface area contributed by atoms with Crippen LogP contribution in [0.4, 0.5) is 4.39 Å². The fraction of sp³-hybridized carbons (Fsp3) is 0.286. The van der Waals surface area contributed by atoms with Crippen molar-refractivity contribution in [1.29, 1.82) is 0 Å². The highest BCUT2D eigenvalue weighted by Gasteiger charge is 2.06. The van der Waals surface area contributed by atoms with Crippen molar-refractivity contribution >= 4 is 0 Å². The molecular weight excluding hydrogens is 229 g/mol.